The standard InChI is InChI=1S/C8H12N2O3/c1-5-4-7(13-10-5)6(9)2-3-8(11)12/h4,6H,2-3,9H2,1H3,(H,11,12). The van der Waals surface area contributed by atoms with E-state index in [1.54, 1.807) is 13.0 Å². The zero-order chi connectivity index (χ0) is 9.84. The van der Waals surface area contributed by atoms with Crippen molar-refractivity contribution in [3.05, 3.63) is 17.5 Å². The van der Waals surface area contributed by atoms with Gasteiger partial charge in [-0.2, -0.15) is 0 Å². The van der Waals surface area contributed by atoms with E-state index >= 15 is 0 Å². The number of hydrogen-bond donors (Lipinski definition) is 2. The van der Waals surface area contributed by atoms with Gasteiger partial charge in [-0.15, -0.1) is 0 Å². The zero-order valence-corrected chi connectivity index (χ0v) is 7.36. The number of aromatic nitrogens is 1. The number of carboxylic acid groups (broad SMARTS) is 1. The molecule has 1 aromatic heterocycles. The van der Waals surface area contributed by atoms with Crippen LogP contribution in [0.25, 0.3) is 0 Å². The summed E-state index contributed by atoms with van der Waals surface area (Å²) in [7, 11) is 0. The summed E-state index contributed by atoms with van der Waals surface area (Å²) in [4.78, 5) is 10.2. The molecule has 1 aromatic rings. The van der Waals surface area contributed by atoms with Crippen LogP contribution in [0.5, 0.6) is 0 Å². The van der Waals surface area contributed by atoms with Gasteiger partial charge in [0.25, 0.3) is 0 Å². The van der Waals surface area contributed by atoms with Gasteiger partial charge in [0.2, 0.25) is 0 Å². The first-order valence-electron chi connectivity index (χ1n) is 4.00. The summed E-state index contributed by atoms with van der Waals surface area (Å²) in [5, 5.41) is 12.1. The minimum atomic E-state index is -0.855. The van der Waals surface area contributed by atoms with Crippen molar-refractivity contribution in [2.45, 2.75) is 25.8 Å². The molecule has 1 rings (SSSR count). The number of carboxylic acids is 1. The fourth-order valence-electron chi connectivity index (χ4n) is 0.979. The van der Waals surface area contributed by atoms with E-state index in [-0.39, 0.29) is 12.5 Å². The van der Waals surface area contributed by atoms with E-state index in [9.17, 15) is 4.79 Å². The van der Waals surface area contributed by atoms with Crippen molar-refractivity contribution in [1.29, 1.82) is 0 Å². The number of carbonyl (C=O) groups is 1. The first-order valence-corrected chi connectivity index (χ1v) is 4.00. The molecule has 0 saturated heterocycles. The lowest BCUT2D eigenvalue weighted by Crippen LogP contribution is -2.11. The Hall–Kier alpha value is -1.36. The van der Waals surface area contributed by atoms with Crippen molar-refractivity contribution in [1.82, 2.24) is 5.16 Å². The van der Waals surface area contributed by atoms with Gasteiger partial charge in [0.1, 0.15) is 0 Å². The Bertz CT molecular complexity index is 295. The fourth-order valence-corrected chi connectivity index (χ4v) is 0.979. The molecule has 1 atom stereocenters. The number of aliphatic carboxylic acids is 1. The van der Waals surface area contributed by atoms with Crippen LogP contribution in [-0.2, 0) is 4.79 Å². The molecule has 1 heterocycles. The van der Waals surface area contributed by atoms with Gasteiger partial charge >= 0.3 is 5.97 Å². The summed E-state index contributed by atoms with van der Waals surface area (Å²) >= 11 is 0. The van der Waals surface area contributed by atoms with Crippen molar-refractivity contribution in [2.75, 3.05) is 0 Å². The van der Waals surface area contributed by atoms with E-state index in [0.29, 0.717) is 12.2 Å². The van der Waals surface area contributed by atoms with Crippen molar-refractivity contribution < 1.29 is 14.4 Å². The Balaban J connectivity index is 2.48. The highest BCUT2D eigenvalue weighted by atomic mass is 16.5. The van der Waals surface area contributed by atoms with Gasteiger partial charge in [-0.05, 0) is 13.3 Å². The minimum Gasteiger partial charge on any atom is -0.481 e. The van der Waals surface area contributed by atoms with Gasteiger partial charge in [0.05, 0.1) is 11.7 Å². The van der Waals surface area contributed by atoms with E-state index in [2.05, 4.69) is 5.16 Å². The van der Waals surface area contributed by atoms with E-state index in [4.69, 9.17) is 15.4 Å². The van der Waals surface area contributed by atoms with Crippen LogP contribution in [0.2, 0.25) is 0 Å². The second kappa shape index (κ2) is 4.04. The third kappa shape index (κ3) is 2.87. The highest BCUT2D eigenvalue weighted by molar-refractivity contribution is 5.66. The van der Waals surface area contributed by atoms with Gasteiger partial charge in [0, 0.05) is 12.5 Å². The second-order valence-corrected chi connectivity index (χ2v) is 2.91. The van der Waals surface area contributed by atoms with Gasteiger partial charge in [-0.1, -0.05) is 5.16 Å². The molecule has 0 saturated carbocycles. The molecule has 1 unspecified atom stereocenters. The Morgan fingerprint density at radius 2 is 2.54 bits per heavy atom. The maximum atomic E-state index is 10.2. The molecule has 0 aliphatic heterocycles. The number of aryl methyl sites for hydroxylation is 1. The predicted molar refractivity (Wildman–Crippen MR) is 45.0 cm³/mol. The van der Waals surface area contributed by atoms with Crippen LogP contribution >= 0.6 is 0 Å². The molecule has 5 nitrogen and oxygen atoms in total. The summed E-state index contributed by atoms with van der Waals surface area (Å²) in [6.07, 6.45) is 0.408. The van der Waals surface area contributed by atoms with Gasteiger partial charge < -0.3 is 15.4 Å². The monoisotopic (exact) mass is 184 g/mol. The molecule has 72 valence electrons. The van der Waals surface area contributed by atoms with Gasteiger partial charge in [0.15, 0.2) is 5.76 Å². The first kappa shape index (κ1) is 9.73. The van der Waals surface area contributed by atoms with Crippen LogP contribution in [0.3, 0.4) is 0 Å². The molecule has 13 heavy (non-hydrogen) atoms. The summed E-state index contributed by atoms with van der Waals surface area (Å²) in [6, 6.07) is 1.34. The van der Waals surface area contributed by atoms with Crippen molar-refractivity contribution in [3.8, 4) is 0 Å². The average Bonchev–Trinajstić information content (AvgIpc) is 2.47. The fraction of sp³-hybridized carbons (Fsp3) is 0.500. The van der Waals surface area contributed by atoms with Gasteiger partial charge in [-0.3, -0.25) is 4.79 Å². The number of rotatable bonds is 4. The molecule has 0 aromatic carbocycles. The van der Waals surface area contributed by atoms with E-state index in [1.807, 2.05) is 0 Å². The van der Waals surface area contributed by atoms with Crippen LogP contribution in [0.1, 0.15) is 30.3 Å². The summed E-state index contributed by atoms with van der Waals surface area (Å²) < 4.78 is 4.89. The predicted octanol–water partition coefficient (Wildman–Crippen LogP) is 0.848. The Kier molecular flexibility index (Phi) is 3.02. The number of nitrogens with two attached hydrogens (primary N) is 1. The largest absolute Gasteiger partial charge is 0.481 e. The highest BCUT2D eigenvalue weighted by Gasteiger charge is 2.12. The van der Waals surface area contributed by atoms with Crippen molar-refractivity contribution in [3.63, 3.8) is 0 Å². The minimum absolute atomic E-state index is 0.0426. The Morgan fingerprint density at radius 3 is 3.00 bits per heavy atom. The molecular weight excluding hydrogens is 172 g/mol. The molecule has 0 aliphatic rings. The zero-order valence-electron chi connectivity index (χ0n) is 7.36. The smallest absolute Gasteiger partial charge is 0.303 e. The maximum absolute atomic E-state index is 10.2. The average molecular weight is 184 g/mol. The molecule has 0 spiro atoms. The number of nitrogens with zero attached hydrogens (tertiary/aromatic N) is 1. The summed E-state index contributed by atoms with van der Waals surface area (Å²) in [5.41, 5.74) is 6.41. The van der Waals surface area contributed by atoms with Crippen molar-refractivity contribution in [2.24, 2.45) is 5.73 Å². The molecule has 0 amide bonds. The molecule has 3 N–H and O–H groups in total. The summed E-state index contributed by atoms with van der Waals surface area (Å²) in [5.74, 6) is -0.314. The molecule has 0 aliphatic carbocycles. The first-order chi connectivity index (χ1) is 6.09. The van der Waals surface area contributed by atoms with Crippen LogP contribution in [0, 0.1) is 6.92 Å². The summed E-state index contributed by atoms with van der Waals surface area (Å²) in [6.45, 7) is 1.79. The third-order valence-electron chi connectivity index (χ3n) is 1.68. The van der Waals surface area contributed by atoms with E-state index < -0.39 is 5.97 Å². The van der Waals surface area contributed by atoms with Crippen molar-refractivity contribution >= 4 is 5.97 Å². The molecule has 0 bridgehead atoms. The van der Waals surface area contributed by atoms with Crippen LogP contribution in [0.15, 0.2) is 10.6 Å². The lowest BCUT2D eigenvalue weighted by molar-refractivity contribution is -0.137. The van der Waals surface area contributed by atoms with Crippen LogP contribution in [-0.4, -0.2) is 16.2 Å². The highest BCUT2D eigenvalue weighted by Crippen LogP contribution is 2.16. The van der Waals surface area contributed by atoms with Gasteiger partial charge in [-0.25, -0.2) is 0 Å². The topological polar surface area (TPSA) is 89.4 Å². The normalized spacial score (nSPS) is 12.8. The quantitative estimate of drug-likeness (QED) is 0.723. The maximum Gasteiger partial charge on any atom is 0.303 e. The molecular formula is C8H12N2O3. The second-order valence-electron chi connectivity index (χ2n) is 2.91. The SMILES string of the molecule is Cc1cc(C(N)CCC(=O)O)on1. The molecule has 0 fully saturated rings. The van der Waals surface area contributed by atoms with E-state index in [0.717, 1.165) is 5.69 Å². The van der Waals surface area contributed by atoms with E-state index in [1.165, 1.54) is 0 Å². The number of hydrogen-bond acceptors (Lipinski definition) is 4. The Morgan fingerprint density at radius 1 is 1.85 bits per heavy atom. The molecule has 5 heteroatoms. The Labute approximate surface area is 75.5 Å². The third-order valence-corrected chi connectivity index (χ3v) is 1.68. The lowest BCUT2D eigenvalue weighted by atomic mass is 10.1. The molecule has 0 radical (unpaired) electrons. The lowest BCUT2D eigenvalue weighted by Gasteiger charge is -2.03. The van der Waals surface area contributed by atoms with Crippen LogP contribution < -0.4 is 5.73 Å². The van der Waals surface area contributed by atoms with Crippen LogP contribution in [0.4, 0.5) is 0 Å².